The fourth-order valence-electron chi connectivity index (χ4n) is 2.06. The fourth-order valence-corrected chi connectivity index (χ4v) is 2.38. The second-order valence-electron chi connectivity index (χ2n) is 4.87. The van der Waals surface area contributed by atoms with E-state index >= 15 is 0 Å². The van der Waals surface area contributed by atoms with Crippen molar-refractivity contribution in [2.45, 2.75) is 20.3 Å². The summed E-state index contributed by atoms with van der Waals surface area (Å²) < 4.78 is 5.16. The standard InChI is InChI=1S/C17H17ClO2/c1-11-7-15(16(18)8-12(11)2)17(19)10-13-5-4-6-14(9-13)20-3/h4-9H,10H2,1-3H3. The lowest BCUT2D eigenvalue weighted by Gasteiger charge is -2.08. The molecule has 2 aromatic rings. The van der Waals surface area contributed by atoms with Gasteiger partial charge in [0.05, 0.1) is 12.1 Å². The summed E-state index contributed by atoms with van der Waals surface area (Å²) in [5.74, 6) is 0.771. The van der Waals surface area contributed by atoms with Gasteiger partial charge in [-0.2, -0.15) is 0 Å². The zero-order chi connectivity index (χ0) is 14.7. The van der Waals surface area contributed by atoms with E-state index < -0.39 is 0 Å². The fraction of sp³-hybridized carbons (Fsp3) is 0.235. The third-order valence-electron chi connectivity index (χ3n) is 3.38. The molecule has 3 heteroatoms. The van der Waals surface area contributed by atoms with Crippen LogP contribution in [0.4, 0.5) is 0 Å². The summed E-state index contributed by atoms with van der Waals surface area (Å²) in [6, 6.07) is 11.2. The number of ketones is 1. The van der Waals surface area contributed by atoms with Crippen molar-refractivity contribution in [3.8, 4) is 5.75 Å². The van der Waals surface area contributed by atoms with Crippen LogP contribution in [0.3, 0.4) is 0 Å². The first-order valence-corrected chi connectivity index (χ1v) is 6.82. The van der Waals surface area contributed by atoms with Gasteiger partial charge >= 0.3 is 0 Å². The van der Waals surface area contributed by atoms with Crippen molar-refractivity contribution in [1.82, 2.24) is 0 Å². The largest absolute Gasteiger partial charge is 0.497 e. The minimum absolute atomic E-state index is 0.0198. The van der Waals surface area contributed by atoms with Gasteiger partial charge in [-0.1, -0.05) is 23.7 Å². The zero-order valence-corrected chi connectivity index (χ0v) is 12.6. The molecule has 0 spiro atoms. The number of hydrogen-bond acceptors (Lipinski definition) is 2. The first-order chi connectivity index (χ1) is 9.51. The van der Waals surface area contributed by atoms with Gasteiger partial charge in [-0.15, -0.1) is 0 Å². The number of rotatable bonds is 4. The monoisotopic (exact) mass is 288 g/mol. The van der Waals surface area contributed by atoms with E-state index in [-0.39, 0.29) is 5.78 Å². The molecule has 104 valence electrons. The molecule has 2 aromatic carbocycles. The average Bonchev–Trinajstić information content (AvgIpc) is 2.43. The number of hydrogen-bond donors (Lipinski definition) is 0. The number of methoxy groups -OCH3 is 1. The Morgan fingerprint density at radius 2 is 1.85 bits per heavy atom. The summed E-state index contributed by atoms with van der Waals surface area (Å²) >= 11 is 6.18. The maximum atomic E-state index is 12.4. The smallest absolute Gasteiger partial charge is 0.168 e. The Kier molecular flexibility index (Phi) is 4.46. The van der Waals surface area contributed by atoms with Gasteiger partial charge in [-0.25, -0.2) is 0 Å². The first kappa shape index (κ1) is 14.6. The molecule has 0 radical (unpaired) electrons. The number of halogens is 1. The molecule has 0 aliphatic carbocycles. The molecule has 0 saturated heterocycles. The summed E-state index contributed by atoms with van der Waals surface area (Å²) in [6.07, 6.45) is 0.319. The van der Waals surface area contributed by atoms with E-state index in [0.29, 0.717) is 17.0 Å². The predicted molar refractivity (Wildman–Crippen MR) is 82.0 cm³/mol. The molecule has 2 nitrogen and oxygen atoms in total. The predicted octanol–water partition coefficient (Wildman–Crippen LogP) is 4.39. The Labute approximate surface area is 124 Å². The van der Waals surface area contributed by atoms with Gasteiger partial charge < -0.3 is 4.74 Å². The van der Waals surface area contributed by atoms with Crippen LogP contribution in [0.25, 0.3) is 0 Å². The van der Waals surface area contributed by atoms with Crippen molar-refractivity contribution in [2.75, 3.05) is 7.11 Å². The van der Waals surface area contributed by atoms with Crippen LogP contribution >= 0.6 is 11.6 Å². The van der Waals surface area contributed by atoms with E-state index in [0.717, 1.165) is 22.4 Å². The van der Waals surface area contributed by atoms with Crippen LogP contribution in [-0.4, -0.2) is 12.9 Å². The van der Waals surface area contributed by atoms with E-state index in [1.807, 2.05) is 50.2 Å². The highest BCUT2D eigenvalue weighted by atomic mass is 35.5. The zero-order valence-electron chi connectivity index (χ0n) is 11.9. The molecule has 0 atom stereocenters. The van der Waals surface area contributed by atoms with E-state index in [1.165, 1.54) is 0 Å². The minimum Gasteiger partial charge on any atom is -0.497 e. The molecule has 2 rings (SSSR count). The van der Waals surface area contributed by atoms with Crippen molar-refractivity contribution >= 4 is 17.4 Å². The number of Topliss-reactive ketones (excluding diaryl/α,β-unsaturated/α-hetero) is 1. The molecule has 0 unspecified atom stereocenters. The van der Waals surface area contributed by atoms with Crippen LogP contribution in [0, 0.1) is 13.8 Å². The quantitative estimate of drug-likeness (QED) is 0.780. The van der Waals surface area contributed by atoms with Crippen molar-refractivity contribution in [3.63, 3.8) is 0 Å². The van der Waals surface area contributed by atoms with Gasteiger partial charge in [0.25, 0.3) is 0 Å². The number of benzene rings is 2. The highest BCUT2D eigenvalue weighted by Gasteiger charge is 2.13. The van der Waals surface area contributed by atoms with Gasteiger partial charge in [-0.3, -0.25) is 4.79 Å². The highest BCUT2D eigenvalue weighted by Crippen LogP contribution is 2.23. The molecule has 0 heterocycles. The van der Waals surface area contributed by atoms with E-state index in [2.05, 4.69) is 0 Å². The van der Waals surface area contributed by atoms with Gasteiger partial charge in [0.1, 0.15) is 5.75 Å². The Balaban J connectivity index is 2.26. The molecule has 0 amide bonds. The summed E-state index contributed by atoms with van der Waals surface area (Å²) in [6.45, 7) is 3.96. The lowest BCUT2D eigenvalue weighted by Crippen LogP contribution is -2.05. The Morgan fingerprint density at radius 3 is 2.55 bits per heavy atom. The Morgan fingerprint density at radius 1 is 1.15 bits per heavy atom. The van der Waals surface area contributed by atoms with Gasteiger partial charge in [0.15, 0.2) is 5.78 Å². The van der Waals surface area contributed by atoms with E-state index in [9.17, 15) is 4.79 Å². The highest BCUT2D eigenvalue weighted by molar-refractivity contribution is 6.34. The second kappa shape index (κ2) is 6.10. The Hall–Kier alpha value is -1.80. The normalized spacial score (nSPS) is 10.4. The SMILES string of the molecule is COc1cccc(CC(=O)c2cc(C)c(C)cc2Cl)c1. The van der Waals surface area contributed by atoms with Crippen molar-refractivity contribution in [1.29, 1.82) is 0 Å². The van der Waals surface area contributed by atoms with Gasteiger partial charge in [-0.05, 0) is 54.8 Å². The molecule has 0 aliphatic rings. The number of carbonyl (C=O) groups excluding carboxylic acids is 1. The molecular weight excluding hydrogens is 272 g/mol. The molecule has 0 fully saturated rings. The van der Waals surface area contributed by atoms with Crippen LogP contribution in [0.2, 0.25) is 5.02 Å². The minimum atomic E-state index is 0.0198. The molecule has 0 aromatic heterocycles. The maximum Gasteiger partial charge on any atom is 0.168 e. The third-order valence-corrected chi connectivity index (χ3v) is 3.70. The number of ether oxygens (including phenoxy) is 1. The lowest BCUT2D eigenvalue weighted by molar-refractivity contribution is 0.0993. The summed E-state index contributed by atoms with van der Waals surface area (Å²) in [7, 11) is 1.61. The second-order valence-corrected chi connectivity index (χ2v) is 5.27. The van der Waals surface area contributed by atoms with E-state index in [4.69, 9.17) is 16.3 Å². The summed E-state index contributed by atoms with van der Waals surface area (Å²) in [5.41, 5.74) is 3.66. The third kappa shape index (κ3) is 3.20. The van der Waals surface area contributed by atoms with Gasteiger partial charge in [0, 0.05) is 12.0 Å². The molecule has 0 N–H and O–H groups in total. The van der Waals surface area contributed by atoms with Crippen molar-refractivity contribution < 1.29 is 9.53 Å². The van der Waals surface area contributed by atoms with Crippen LogP contribution in [0.5, 0.6) is 5.75 Å². The number of carbonyl (C=O) groups is 1. The van der Waals surface area contributed by atoms with Crippen LogP contribution in [-0.2, 0) is 6.42 Å². The van der Waals surface area contributed by atoms with Crippen LogP contribution in [0.1, 0.15) is 27.0 Å². The summed E-state index contributed by atoms with van der Waals surface area (Å²) in [5, 5.41) is 0.515. The van der Waals surface area contributed by atoms with Crippen LogP contribution in [0.15, 0.2) is 36.4 Å². The molecule has 0 aliphatic heterocycles. The van der Waals surface area contributed by atoms with Crippen LogP contribution < -0.4 is 4.74 Å². The molecule has 0 bridgehead atoms. The van der Waals surface area contributed by atoms with E-state index in [1.54, 1.807) is 7.11 Å². The van der Waals surface area contributed by atoms with Crippen molar-refractivity contribution in [3.05, 3.63) is 63.7 Å². The summed E-state index contributed by atoms with van der Waals surface area (Å²) in [4.78, 5) is 12.4. The molecule has 0 saturated carbocycles. The lowest BCUT2D eigenvalue weighted by atomic mass is 9.99. The topological polar surface area (TPSA) is 26.3 Å². The number of aryl methyl sites for hydroxylation is 2. The first-order valence-electron chi connectivity index (χ1n) is 6.44. The van der Waals surface area contributed by atoms with Crippen molar-refractivity contribution in [2.24, 2.45) is 0 Å². The molecular formula is C17H17ClO2. The maximum absolute atomic E-state index is 12.4. The van der Waals surface area contributed by atoms with Gasteiger partial charge in [0.2, 0.25) is 0 Å². The molecule has 20 heavy (non-hydrogen) atoms. The Bertz CT molecular complexity index is 647. The average molecular weight is 289 g/mol.